The molecule has 2 aromatic carbocycles. The Morgan fingerprint density at radius 3 is 2.35 bits per heavy atom. The highest BCUT2D eigenvalue weighted by atomic mass is 32.2. The van der Waals surface area contributed by atoms with E-state index in [2.05, 4.69) is 4.72 Å². The Morgan fingerprint density at radius 2 is 1.69 bits per heavy atom. The molecule has 5 nitrogen and oxygen atoms in total. The summed E-state index contributed by atoms with van der Waals surface area (Å²) < 4.78 is 38.9. The van der Waals surface area contributed by atoms with Crippen molar-refractivity contribution in [2.24, 2.45) is 0 Å². The average Bonchev–Trinajstić information content (AvgIpc) is 2.56. The first-order chi connectivity index (χ1) is 12.3. The molecular weight excluding hydrogens is 350 g/mol. The van der Waals surface area contributed by atoms with E-state index in [1.54, 1.807) is 0 Å². The highest BCUT2D eigenvalue weighted by Crippen LogP contribution is 2.31. The van der Waals surface area contributed by atoms with E-state index in [1.807, 2.05) is 70.2 Å². The van der Waals surface area contributed by atoms with Crippen LogP contribution in [-0.2, 0) is 15.8 Å². The third-order valence-corrected chi connectivity index (χ3v) is 5.29. The van der Waals surface area contributed by atoms with Gasteiger partial charge in [-0.2, -0.15) is 0 Å². The van der Waals surface area contributed by atoms with Crippen LogP contribution in [0.3, 0.4) is 0 Å². The van der Waals surface area contributed by atoms with Gasteiger partial charge >= 0.3 is 0 Å². The lowest BCUT2D eigenvalue weighted by atomic mass is 10.1. The van der Waals surface area contributed by atoms with Gasteiger partial charge in [-0.25, -0.2) is 13.1 Å². The maximum atomic E-state index is 12.5. The highest BCUT2D eigenvalue weighted by Gasteiger charge is 2.18. The minimum Gasteiger partial charge on any atom is -0.490 e. The zero-order valence-corrected chi connectivity index (χ0v) is 16.6. The summed E-state index contributed by atoms with van der Waals surface area (Å²) in [5.74, 6) is 1.23. The van der Waals surface area contributed by atoms with E-state index >= 15 is 0 Å². The van der Waals surface area contributed by atoms with Crippen LogP contribution in [0.1, 0.15) is 43.5 Å². The highest BCUT2D eigenvalue weighted by molar-refractivity contribution is 7.88. The third kappa shape index (κ3) is 5.75. The minimum atomic E-state index is -3.47. The predicted molar refractivity (Wildman–Crippen MR) is 104 cm³/mol. The first-order valence-electron chi connectivity index (χ1n) is 8.79. The summed E-state index contributed by atoms with van der Waals surface area (Å²) in [6.45, 7) is 8.62. The summed E-state index contributed by atoms with van der Waals surface area (Å²) in [6, 6.07) is 12.6. The van der Waals surface area contributed by atoms with Crippen LogP contribution in [0, 0.1) is 6.92 Å². The SMILES string of the molecule is CCOc1ccc([C@H](C)NS(=O)(=O)Cc2cccc(C)c2)cc1OCC. The van der Waals surface area contributed by atoms with E-state index in [0.717, 1.165) is 16.7 Å². The summed E-state index contributed by atoms with van der Waals surface area (Å²) in [5.41, 5.74) is 2.63. The molecule has 0 unspecified atom stereocenters. The summed E-state index contributed by atoms with van der Waals surface area (Å²) in [6.07, 6.45) is 0. The number of ether oxygens (including phenoxy) is 2. The molecule has 0 spiro atoms. The fraction of sp³-hybridized carbons (Fsp3) is 0.400. The zero-order chi connectivity index (χ0) is 19.2. The van der Waals surface area contributed by atoms with Gasteiger partial charge in [0.25, 0.3) is 0 Å². The molecule has 2 aromatic rings. The molecule has 0 radical (unpaired) electrons. The van der Waals surface area contributed by atoms with Crippen molar-refractivity contribution >= 4 is 10.0 Å². The summed E-state index contributed by atoms with van der Waals surface area (Å²) in [7, 11) is -3.47. The minimum absolute atomic E-state index is 0.0473. The number of nitrogens with one attached hydrogen (secondary N) is 1. The Kier molecular flexibility index (Phi) is 7.06. The van der Waals surface area contributed by atoms with Crippen molar-refractivity contribution in [1.82, 2.24) is 4.72 Å². The lowest BCUT2D eigenvalue weighted by Gasteiger charge is -2.17. The third-order valence-electron chi connectivity index (χ3n) is 3.86. The molecule has 1 N–H and O–H groups in total. The van der Waals surface area contributed by atoms with Crippen LogP contribution in [0.15, 0.2) is 42.5 Å². The smallest absolute Gasteiger partial charge is 0.216 e. The number of rotatable bonds is 9. The standard InChI is InChI=1S/C20H27NO4S/c1-5-24-19-11-10-18(13-20(19)25-6-2)16(4)21-26(22,23)14-17-9-7-8-15(3)12-17/h7-13,16,21H,5-6,14H2,1-4H3/t16-/m0/s1. The fourth-order valence-corrected chi connectivity index (χ4v) is 4.11. The van der Waals surface area contributed by atoms with Gasteiger partial charge in [-0.1, -0.05) is 35.9 Å². The molecule has 0 amide bonds. The Bertz CT molecular complexity index is 833. The second kappa shape index (κ2) is 9.05. The van der Waals surface area contributed by atoms with Gasteiger partial charge in [-0.05, 0) is 51.0 Å². The first kappa shape index (κ1) is 20.3. The van der Waals surface area contributed by atoms with Crippen LogP contribution in [0.5, 0.6) is 11.5 Å². The number of sulfonamides is 1. The van der Waals surface area contributed by atoms with Gasteiger partial charge in [0, 0.05) is 6.04 Å². The van der Waals surface area contributed by atoms with Crippen LogP contribution in [0.4, 0.5) is 0 Å². The van der Waals surface area contributed by atoms with Crippen LogP contribution < -0.4 is 14.2 Å². The van der Waals surface area contributed by atoms with E-state index in [1.165, 1.54) is 0 Å². The second-order valence-corrected chi connectivity index (χ2v) is 7.91. The summed E-state index contributed by atoms with van der Waals surface area (Å²) in [4.78, 5) is 0. The van der Waals surface area contributed by atoms with Crippen molar-refractivity contribution in [3.05, 3.63) is 59.2 Å². The first-order valence-corrected chi connectivity index (χ1v) is 10.4. The second-order valence-electron chi connectivity index (χ2n) is 6.16. The maximum absolute atomic E-state index is 12.5. The lowest BCUT2D eigenvalue weighted by molar-refractivity contribution is 0.287. The molecule has 2 rings (SSSR count). The molecule has 0 fully saturated rings. The van der Waals surface area contributed by atoms with Crippen molar-refractivity contribution in [2.45, 2.75) is 39.5 Å². The van der Waals surface area contributed by atoms with Crippen molar-refractivity contribution in [3.63, 3.8) is 0 Å². The Balaban J connectivity index is 2.15. The number of hydrogen-bond acceptors (Lipinski definition) is 4. The largest absolute Gasteiger partial charge is 0.490 e. The van der Waals surface area contributed by atoms with Gasteiger partial charge in [-0.15, -0.1) is 0 Å². The van der Waals surface area contributed by atoms with Crippen LogP contribution in [-0.4, -0.2) is 21.6 Å². The molecule has 0 aliphatic carbocycles. The van der Waals surface area contributed by atoms with E-state index in [4.69, 9.17) is 9.47 Å². The van der Waals surface area contributed by atoms with Crippen LogP contribution in [0.25, 0.3) is 0 Å². The monoisotopic (exact) mass is 377 g/mol. The summed E-state index contributed by atoms with van der Waals surface area (Å²) >= 11 is 0. The quantitative estimate of drug-likeness (QED) is 0.718. The summed E-state index contributed by atoms with van der Waals surface area (Å²) in [5, 5.41) is 0. The fourth-order valence-electron chi connectivity index (χ4n) is 2.74. The lowest BCUT2D eigenvalue weighted by Crippen LogP contribution is -2.28. The average molecular weight is 378 g/mol. The zero-order valence-electron chi connectivity index (χ0n) is 15.8. The number of benzene rings is 2. The Morgan fingerprint density at radius 1 is 1.00 bits per heavy atom. The molecule has 0 saturated carbocycles. The maximum Gasteiger partial charge on any atom is 0.216 e. The number of aryl methyl sites for hydroxylation is 1. The van der Waals surface area contributed by atoms with E-state index in [0.29, 0.717) is 24.7 Å². The molecule has 0 saturated heterocycles. The molecule has 142 valence electrons. The molecule has 0 bridgehead atoms. The van der Waals surface area contributed by atoms with E-state index < -0.39 is 10.0 Å². The van der Waals surface area contributed by atoms with Crippen molar-refractivity contribution in [1.29, 1.82) is 0 Å². The van der Waals surface area contributed by atoms with Gasteiger partial charge in [-0.3, -0.25) is 0 Å². The molecule has 0 aromatic heterocycles. The molecule has 0 aliphatic heterocycles. The molecule has 1 atom stereocenters. The van der Waals surface area contributed by atoms with Crippen molar-refractivity contribution in [2.75, 3.05) is 13.2 Å². The predicted octanol–water partition coefficient (Wildman–Crippen LogP) is 3.97. The normalized spacial score (nSPS) is 12.6. The van der Waals surface area contributed by atoms with Gasteiger partial charge in [0.1, 0.15) is 0 Å². The van der Waals surface area contributed by atoms with Crippen LogP contribution in [0.2, 0.25) is 0 Å². The van der Waals surface area contributed by atoms with E-state index in [9.17, 15) is 8.42 Å². The Hall–Kier alpha value is -2.05. The van der Waals surface area contributed by atoms with Gasteiger partial charge in [0.05, 0.1) is 19.0 Å². The molecular formula is C20H27NO4S. The number of hydrogen-bond donors (Lipinski definition) is 1. The van der Waals surface area contributed by atoms with Gasteiger partial charge < -0.3 is 9.47 Å². The van der Waals surface area contributed by atoms with E-state index in [-0.39, 0.29) is 11.8 Å². The molecule has 26 heavy (non-hydrogen) atoms. The van der Waals surface area contributed by atoms with Crippen molar-refractivity contribution < 1.29 is 17.9 Å². The van der Waals surface area contributed by atoms with Crippen molar-refractivity contribution in [3.8, 4) is 11.5 Å². The van der Waals surface area contributed by atoms with Gasteiger partial charge in [0.15, 0.2) is 11.5 Å². The Labute approximate surface area is 156 Å². The molecule has 0 aliphatic rings. The molecule has 0 heterocycles. The van der Waals surface area contributed by atoms with Gasteiger partial charge in [0.2, 0.25) is 10.0 Å². The molecule has 6 heteroatoms. The topological polar surface area (TPSA) is 64.6 Å². The van der Waals surface area contributed by atoms with Crippen LogP contribution >= 0.6 is 0 Å².